The Morgan fingerprint density at radius 2 is 2.29 bits per heavy atom. The van der Waals surface area contributed by atoms with Crippen LogP contribution in [0.4, 0.5) is 0 Å². The summed E-state index contributed by atoms with van der Waals surface area (Å²) in [5.41, 5.74) is 1.07. The van der Waals surface area contributed by atoms with E-state index in [4.69, 9.17) is 4.74 Å². The number of hydrogen-bond donors (Lipinski definition) is 0. The Balaban J connectivity index is 1.85. The molecule has 0 aromatic carbocycles. The van der Waals surface area contributed by atoms with Gasteiger partial charge in [0, 0.05) is 18.9 Å². The number of amides is 1. The van der Waals surface area contributed by atoms with E-state index in [-0.39, 0.29) is 11.9 Å². The molecule has 2 aromatic heterocycles. The molecule has 3 rings (SSSR count). The number of aromatic nitrogens is 2. The number of esters is 1. The van der Waals surface area contributed by atoms with Crippen LogP contribution in [0.2, 0.25) is 0 Å². The minimum absolute atomic E-state index is 0.214. The van der Waals surface area contributed by atoms with Crippen LogP contribution in [0.25, 0.3) is 5.65 Å². The first-order valence-electron chi connectivity index (χ1n) is 7.12. The van der Waals surface area contributed by atoms with Gasteiger partial charge in [-0.05, 0) is 31.9 Å². The van der Waals surface area contributed by atoms with Gasteiger partial charge in [0.05, 0.1) is 6.61 Å². The lowest BCUT2D eigenvalue weighted by Gasteiger charge is -2.22. The third-order valence-electron chi connectivity index (χ3n) is 3.66. The lowest BCUT2D eigenvalue weighted by molar-refractivity contribution is -0.147. The van der Waals surface area contributed by atoms with Crippen LogP contribution in [0, 0.1) is 0 Å². The number of hydrogen-bond acceptors (Lipinski definition) is 4. The number of fused-ring (bicyclic) bond motifs is 1. The maximum Gasteiger partial charge on any atom is 0.328 e. The molecule has 0 saturated carbocycles. The molecule has 6 heteroatoms. The molecule has 0 radical (unpaired) electrons. The molecule has 1 fully saturated rings. The molecule has 21 heavy (non-hydrogen) atoms. The van der Waals surface area contributed by atoms with Crippen LogP contribution in [0.5, 0.6) is 0 Å². The van der Waals surface area contributed by atoms with Gasteiger partial charge in [-0.2, -0.15) is 0 Å². The Hall–Kier alpha value is -2.37. The highest BCUT2D eigenvalue weighted by atomic mass is 16.5. The van der Waals surface area contributed by atoms with Crippen molar-refractivity contribution < 1.29 is 14.3 Å². The van der Waals surface area contributed by atoms with Gasteiger partial charge in [-0.1, -0.05) is 6.07 Å². The molecular formula is C15H17N3O3. The molecule has 1 saturated heterocycles. The Morgan fingerprint density at radius 1 is 1.43 bits per heavy atom. The Bertz CT molecular complexity index is 647. The maximum absolute atomic E-state index is 12.6. The summed E-state index contributed by atoms with van der Waals surface area (Å²) in [5.74, 6) is -0.540. The second kappa shape index (κ2) is 5.55. The van der Waals surface area contributed by atoms with Gasteiger partial charge in [0.25, 0.3) is 5.91 Å². The van der Waals surface area contributed by atoms with E-state index in [1.165, 1.54) is 0 Å². The average Bonchev–Trinajstić information content (AvgIpc) is 3.13. The van der Waals surface area contributed by atoms with Crippen LogP contribution in [-0.2, 0) is 9.53 Å². The predicted octanol–water partition coefficient (Wildman–Crippen LogP) is 1.50. The van der Waals surface area contributed by atoms with Crippen LogP contribution in [0.15, 0.2) is 30.6 Å². The Morgan fingerprint density at radius 3 is 3.05 bits per heavy atom. The van der Waals surface area contributed by atoms with Crippen LogP contribution in [0.3, 0.4) is 0 Å². The van der Waals surface area contributed by atoms with E-state index in [2.05, 4.69) is 4.98 Å². The smallest absolute Gasteiger partial charge is 0.328 e. The zero-order valence-corrected chi connectivity index (χ0v) is 11.9. The normalized spacial score (nSPS) is 18.1. The van der Waals surface area contributed by atoms with Crippen LogP contribution in [-0.4, -0.2) is 45.4 Å². The molecule has 0 aliphatic carbocycles. The standard InChI is InChI=1S/C15H17N3O3/c1-2-21-15(20)12-6-5-9-18(12)14(19)11-10-17-8-4-3-7-13(17)16-11/h3-4,7-8,10,12H,2,5-6,9H2,1H3. The zero-order chi connectivity index (χ0) is 14.8. The number of carbonyl (C=O) groups excluding carboxylic acids is 2. The first kappa shape index (κ1) is 13.6. The van der Waals surface area contributed by atoms with E-state index in [0.717, 1.165) is 6.42 Å². The summed E-state index contributed by atoms with van der Waals surface area (Å²) in [6.45, 7) is 2.66. The van der Waals surface area contributed by atoms with Crippen molar-refractivity contribution in [2.45, 2.75) is 25.8 Å². The van der Waals surface area contributed by atoms with E-state index in [9.17, 15) is 9.59 Å². The Kier molecular flexibility index (Phi) is 3.60. The number of carbonyl (C=O) groups is 2. The number of pyridine rings is 1. The SMILES string of the molecule is CCOC(=O)C1CCCN1C(=O)c1cn2ccccc2n1. The number of rotatable bonds is 3. The summed E-state index contributed by atoms with van der Waals surface area (Å²) in [7, 11) is 0. The second-order valence-corrected chi connectivity index (χ2v) is 5.00. The molecule has 1 unspecified atom stereocenters. The number of likely N-dealkylation sites (tertiary alicyclic amines) is 1. The van der Waals surface area contributed by atoms with Gasteiger partial charge in [-0.3, -0.25) is 4.79 Å². The van der Waals surface area contributed by atoms with Crippen LogP contribution < -0.4 is 0 Å². The minimum atomic E-state index is -0.484. The maximum atomic E-state index is 12.6. The van der Waals surface area contributed by atoms with E-state index in [1.807, 2.05) is 24.4 Å². The van der Waals surface area contributed by atoms with Crippen molar-refractivity contribution in [3.05, 3.63) is 36.3 Å². The third-order valence-corrected chi connectivity index (χ3v) is 3.66. The van der Waals surface area contributed by atoms with E-state index in [0.29, 0.717) is 30.9 Å². The van der Waals surface area contributed by atoms with Crippen molar-refractivity contribution in [3.8, 4) is 0 Å². The van der Waals surface area contributed by atoms with E-state index < -0.39 is 6.04 Å². The minimum Gasteiger partial charge on any atom is -0.464 e. The fraction of sp³-hybridized carbons (Fsp3) is 0.400. The third kappa shape index (κ3) is 2.49. The zero-order valence-electron chi connectivity index (χ0n) is 11.9. The quantitative estimate of drug-likeness (QED) is 0.803. The fourth-order valence-electron chi connectivity index (χ4n) is 2.68. The van der Waals surface area contributed by atoms with E-state index >= 15 is 0 Å². The number of ether oxygens (including phenoxy) is 1. The highest BCUT2D eigenvalue weighted by molar-refractivity contribution is 5.96. The van der Waals surface area contributed by atoms with E-state index in [1.54, 1.807) is 22.4 Å². The molecule has 1 amide bonds. The van der Waals surface area contributed by atoms with Crippen molar-refractivity contribution in [3.63, 3.8) is 0 Å². The van der Waals surface area contributed by atoms with Crippen LogP contribution in [0.1, 0.15) is 30.3 Å². The van der Waals surface area contributed by atoms with Gasteiger partial charge in [-0.25, -0.2) is 9.78 Å². The van der Waals surface area contributed by atoms with Gasteiger partial charge in [-0.15, -0.1) is 0 Å². The summed E-state index contributed by atoms with van der Waals surface area (Å²) in [6, 6.07) is 5.10. The lowest BCUT2D eigenvalue weighted by atomic mass is 10.2. The number of nitrogens with zero attached hydrogens (tertiary/aromatic N) is 3. The fourth-order valence-corrected chi connectivity index (χ4v) is 2.68. The molecule has 0 bridgehead atoms. The van der Waals surface area contributed by atoms with Crippen molar-refractivity contribution in [2.75, 3.05) is 13.2 Å². The molecule has 3 heterocycles. The lowest BCUT2D eigenvalue weighted by Crippen LogP contribution is -2.41. The summed E-state index contributed by atoms with van der Waals surface area (Å²) in [6.07, 6.45) is 4.99. The molecule has 0 spiro atoms. The first-order chi connectivity index (χ1) is 10.2. The van der Waals surface area contributed by atoms with Gasteiger partial charge in [0.1, 0.15) is 17.4 Å². The predicted molar refractivity (Wildman–Crippen MR) is 75.9 cm³/mol. The summed E-state index contributed by atoms with van der Waals surface area (Å²) in [5, 5.41) is 0. The second-order valence-electron chi connectivity index (χ2n) is 5.00. The monoisotopic (exact) mass is 287 g/mol. The largest absolute Gasteiger partial charge is 0.464 e. The summed E-state index contributed by atoms with van der Waals surface area (Å²) in [4.78, 5) is 30.4. The Labute approximate surface area is 122 Å². The van der Waals surface area contributed by atoms with Crippen LogP contribution >= 0.6 is 0 Å². The van der Waals surface area contributed by atoms with Crippen molar-refractivity contribution >= 4 is 17.5 Å². The van der Waals surface area contributed by atoms with Crippen molar-refractivity contribution in [2.24, 2.45) is 0 Å². The molecule has 1 aliphatic rings. The molecule has 1 atom stereocenters. The molecule has 1 aliphatic heterocycles. The highest BCUT2D eigenvalue weighted by Crippen LogP contribution is 2.21. The van der Waals surface area contributed by atoms with Gasteiger partial charge in [0.2, 0.25) is 0 Å². The molecule has 2 aromatic rings. The molecule has 110 valence electrons. The number of imidazole rings is 1. The van der Waals surface area contributed by atoms with Crippen molar-refractivity contribution in [1.82, 2.24) is 14.3 Å². The average molecular weight is 287 g/mol. The van der Waals surface area contributed by atoms with Gasteiger partial charge < -0.3 is 14.0 Å². The highest BCUT2D eigenvalue weighted by Gasteiger charge is 2.36. The summed E-state index contributed by atoms with van der Waals surface area (Å²) >= 11 is 0. The molecule has 6 nitrogen and oxygen atoms in total. The molecular weight excluding hydrogens is 270 g/mol. The first-order valence-corrected chi connectivity index (χ1v) is 7.12. The van der Waals surface area contributed by atoms with Gasteiger partial charge >= 0.3 is 5.97 Å². The van der Waals surface area contributed by atoms with Gasteiger partial charge in [0.15, 0.2) is 0 Å². The summed E-state index contributed by atoms with van der Waals surface area (Å²) < 4.78 is 6.84. The van der Waals surface area contributed by atoms with Crippen molar-refractivity contribution in [1.29, 1.82) is 0 Å². The molecule has 0 N–H and O–H groups in total. The topological polar surface area (TPSA) is 63.9 Å².